The summed E-state index contributed by atoms with van der Waals surface area (Å²) in [5.41, 5.74) is 1.74. The number of thiophene rings is 1. The van der Waals surface area contributed by atoms with E-state index < -0.39 is 0 Å². The number of nitrogens with one attached hydrogen (secondary N) is 3. The lowest BCUT2D eigenvalue weighted by Crippen LogP contribution is -2.07. The standard InChI is InChI=1S/C15H13N3O2S/c1-9-2-4-11(21-9)5-7-14(19)16-10-3-6-12-13(8-10)18-15(20)17-12/h2-8H,1H3,(H,16,19)(H2,17,18,20)/b7-5+. The van der Waals surface area contributed by atoms with Gasteiger partial charge in [0.25, 0.3) is 0 Å². The molecule has 106 valence electrons. The van der Waals surface area contributed by atoms with E-state index in [0.29, 0.717) is 16.7 Å². The number of aromatic nitrogens is 2. The van der Waals surface area contributed by atoms with Crippen molar-refractivity contribution >= 4 is 40.0 Å². The molecule has 0 aliphatic carbocycles. The minimum atomic E-state index is -0.263. The van der Waals surface area contributed by atoms with Gasteiger partial charge in [-0.05, 0) is 43.3 Å². The molecular weight excluding hydrogens is 286 g/mol. The first-order valence-electron chi connectivity index (χ1n) is 6.38. The SMILES string of the molecule is Cc1ccc(/C=C/C(=O)Nc2ccc3[nH]c(=O)[nH]c3c2)s1. The highest BCUT2D eigenvalue weighted by atomic mass is 32.1. The Morgan fingerprint density at radius 3 is 2.76 bits per heavy atom. The van der Waals surface area contributed by atoms with Crippen LogP contribution in [0.2, 0.25) is 0 Å². The molecule has 3 N–H and O–H groups in total. The Hall–Kier alpha value is -2.60. The van der Waals surface area contributed by atoms with Crippen molar-refractivity contribution in [1.82, 2.24) is 9.97 Å². The summed E-state index contributed by atoms with van der Waals surface area (Å²) in [6.45, 7) is 2.02. The number of aryl methyl sites for hydroxylation is 1. The largest absolute Gasteiger partial charge is 0.323 e. The van der Waals surface area contributed by atoms with E-state index >= 15 is 0 Å². The molecule has 0 saturated carbocycles. The van der Waals surface area contributed by atoms with Crippen molar-refractivity contribution in [3.8, 4) is 0 Å². The predicted molar refractivity (Wildman–Crippen MR) is 85.6 cm³/mol. The van der Waals surface area contributed by atoms with Crippen molar-refractivity contribution in [2.24, 2.45) is 0 Å². The molecule has 0 saturated heterocycles. The lowest BCUT2D eigenvalue weighted by molar-refractivity contribution is -0.111. The summed E-state index contributed by atoms with van der Waals surface area (Å²) < 4.78 is 0. The number of carbonyl (C=O) groups excluding carboxylic acids is 1. The van der Waals surface area contributed by atoms with Crippen LogP contribution < -0.4 is 11.0 Å². The monoisotopic (exact) mass is 299 g/mol. The number of aromatic amines is 2. The van der Waals surface area contributed by atoms with Gasteiger partial charge in [0.1, 0.15) is 0 Å². The Labute approximate surface area is 124 Å². The summed E-state index contributed by atoms with van der Waals surface area (Å²) >= 11 is 1.63. The molecule has 2 aromatic heterocycles. The molecule has 3 rings (SSSR count). The number of hydrogen-bond donors (Lipinski definition) is 3. The topological polar surface area (TPSA) is 77.8 Å². The number of imidazole rings is 1. The van der Waals surface area contributed by atoms with Crippen molar-refractivity contribution in [2.45, 2.75) is 6.92 Å². The maximum absolute atomic E-state index is 11.9. The van der Waals surface area contributed by atoms with E-state index in [0.717, 1.165) is 4.88 Å². The molecule has 5 nitrogen and oxygen atoms in total. The van der Waals surface area contributed by atoms with Gasteiger partial charge < -0.3 is 15.3 Å². The van der Waals surface area contributed by atoms with Crippen LogP contribution in [-0.4, -0.2) is 15.9 Å². The van der Waals surface area contributed by atoms with Gasteiger partial charge in [-0.2, -0.15) is 0 Å². The van der Waals surface area contributed by atoms with Gasteiger partial charge in [0, 0.05) is 21.5 Å². The molecule has 0 aliphatic rings. The number of amides is 1. The molecule has 1 aromatic carbocycles. The smallest absolute Gasteiger partial charge is 0.322 e. The van der Waals surface area contributed by atoms with Gasteiger partial charge in [-0.25, -0.2) is 4.79 Å². The van der Waals surface area contributed by atoms with E-state index in [1.807, 2.05) is 19.1 Å². The van der Waals surface area contributed by atoms with Crippen LogP contribution in [0.4, 0.5) is 5.69 Å². The molecule has 6 heteroatoms. The highest BCUT2D eigenvalue weighted by Crippen LogP contribution is 2.17. The van der Waals surface area contributed by atoms with Gasteiger partial charge in [-0.3, -0.25) is 4.79 Å². The quantitative estimate of drug-likeness (QED) is 0.650. The number of hydrogen-bond acceptors (Lipinski definition) is 3. The second kappa shape index (κ2) is 5.41. The van der Waals surface area contributed by atoms with E-state index in [1.54, 1.807) is 35.6 Å². The fraction of sp³-hybridized carbons (Fsp3) is 0.0667. The summed E-state index contributed by atoms with van der Waals surface area (Å²) in [5, 5.41) is 2.76. The maximum Gasteiger partial charge on any atom is 0.323 e. The van der Waals surface area contributed by atoms with E-state index in [9.17, 15) is 9.59 Å². The first-order valence-corrected chi connectivity index (χ1v) is 7.19. The minimum absolute atomic E-state index is 0.210. The molecule has 0 unspecified atom stereocenters. The fourth-order valence-corrected chi connectivity index (χ4v) is 2.78. The van der Waals surface area contributed by atoms with Crippen LogP contribution in [0.15, 0.2) is 41.2 Å². The zero-order valence-corrected chi connectivity index (χ0v) is 12.1. The van der Waals surface area contributed by atoms with E-state index in [-0.39, 0.29) is 11.6 Å². The van der Waals surface area contributed by atoms with E-state index in [4.69, 9.17) is 0 Å². The van der Waals surface area contributed by atoms with Crippen molar-refractivity contribution in [3.05, 3.63) is 56.6 Å². The highest BCUT2D eigenvalue weighted by molar-refractivity contribution is 7.12. The van der Waals surface area contributed by atoms with Crippen LogP contribution >= 0.6 is 11.3 Å². The first-order chi connectivity index (χ1) is 10.1. The zero-order valence-electron chi connectivity index (χ0n) is 11.3. The highest BCUT2D eigenvalue weighted by Gasteiger charge is 2.02. The number of H-pyrrole nitrogens is 2. The Balaban J connectivity index is 1.73. The summed E-state index contributed by atoms with van der Waals surface area (Å²) in [6.07, 6.45) is 3.28. The van der Waals surface area contributed by atoms with Crippen LogP contribution in [-0.2, 0) is 4.79 Å². The van der Waals surface area contributed by atoms with Crippen LogP contribution in [0.3, 0.4) is 0 Å². The van der Waals surface area contributed by atoms with Gasteiger partial charge in [0.05, 0.1) is 11.0 Å². The number of benzene rings is 1. The Morgan fingerprint density at radius 1 is 1.19 bits per heavy atom. The van der Waals surface area contributed by atoms with Crippen LogP contribution in [0, 0.1) is 6.92 Å². The van der Waals surface area contributed by atoms with Crippen LogP contribution in [0.5, 0.6) is 0 Å². The average molecular weight is 299 g/mol. The first kappa shape index (κ1) is 13.4. The lowest BCUT2D eigenvalue weighted by Gasteiger charge is -2.01. The molecule has 0 atom stereocenters. The number of fused-ring (bicyclic) bond motifs is 1. The second-order valence-corrected chi connectivity index (χ2v) is 5.93. The molecule has 2 heterocycles. The third-order valence-corrected chi connectivity index (χ3v) is 3.91. The molecule has 0 fully saturated rings. The van der Waals surface area contributed by atoms with Gasteiger partial charge in [0.15, 0.2) is 0 Å². The average Bonchev–Trinajstić information content (AvgIpc) is 3.01. The maximum atomic E-state index is 11.9. The lowest BCUT2D eigenvalue weighted by atomic mass is 10.2. The van der Waals surface area contributed by atoms with E-state index in [2.05, 4.69) is 15.3 Å². The van der Waals surface area contributed by atoms with Gasteiger partial charge in [0.2, 0.25) is 5.91 Å². The second-order valence-electron chi connectivity index (χ2n) is 4.61. The molecule has 21 heavy (non-hydrogen) atoms. The molecule has 1 amide bonds. The van der Waals surface area contributed by atoms with Gasteiger partial charge in [-0.1, -0.05) is 0 Å². The molecule has 0 aliphatic heterocycles. The predicted octanol–water partition coefficient (Wildman–Crippen LogP) is 2.88. The molecule has 0 spiro atoms. The Bertz CT molecular complexity index is 886. The van der Waals surface area contributed by atoms with Gasteiger partial charge >= 0.3 is 5.69 Å². The normalized spacial score (nSPS) is 11.3. The third-order valence-electron chi connectivity index (χ3n) is 2.94. The minimum Gasteiger partial charge on any atom is -0.322 e. The summed E-state index contributed by atoms with van der Waals surface area (Å²) in [5.74, 6) is -0.210. The number of rotatable bonds is 3. The molecule has 0 radical (unpaired) electrons. The van der Waals surface area contributed by atoms with Crippen molar-refractivity contribution in [2.75, 3.05) is 5.32 Å². The van der Waals surface area contributed by atoms with Crippen molar-refractivity contribution in [3.63, 3.8) is 0 Å². The Kier molecular flexibility index (Phi) is 3.45. The third kappa shape index (κ3) is 3.11. The van der Waals surface area contributed by atoms with Crippen molar-refractivity contribution in [1.29, 1.82) is 0 Å². The fourth-order valence-electron chi connectivity index (χ4n) is 2.00. The number of anilines is 1. The molecule has 0 bridgehead atoms. The van der Waals surface area contributed by atoms with Crippen molar-refractivity contribution < 1.29 is 4.79 Å². The Morgan fingerprint density at radius 2 is 2.00 bits per heavy atom. The summed E-state index contributed by atoms with van der Waals surface area (Å²) in [7, 11) is 0. The van der Waals surface area contributed by atoms with Gasteiger partial charge in [-0.15, -0.1) is 11.3 Å². The zero-order chi connectivity index (χ0) is 14.8. The van der Waals surface area contributed by atoms with Crippen LogP contribution in [0.1, 0.15) is 9.75 Å². The molecular formula is C15H13N3O2S. The van der Waals surface area contributed by atoms with E-state index in [1.165, 1.54) is 11.0 Å². The van der Waals surface area contributed by atoms with Crippen LogP contribution in [0.25, 0.3) is 17.1 Å². The summed E-state index contributed by atoms with van der Waals surface area (Å²) in [6, 6.07) is 9.19. The number of carbonyl (C=O) groups is 1. The summed E-state index contributed by atoms with van der Waals surface area (Å²) in [4.78, 5) is 30.6. The molecule has 3 aromatic rings.